The fraction of sp³-hybridized carbons (Fsp3) is 0.933. The Labute approximate surface area is 121 Å². The minimum absolute atomic E-state index is 0.147. The zero-order valence-electron chi connectivity index (χ0n) is 12.8. The van der Waals surface area contributed by atoms with Crippen LogP contribution in [0.5, 0.6) is 0 Å². The molecule has 0 saturated carbocycles. The second-order valence-electron chi connectivity index (χ2n) is 6.94. The molecule has 0 aromatic rings. The Hall–Kier alpha value is -0.810. The summed E-state index contributed by atoms with van der Waals surface area (Å²) in [6.07, 6.45) is 2.24. The van der Waals surface area contributed by atoms with E-state index in [0.717, 1.165) is 25.9 Å². The van der Waals surface area contributed by atoms with Crippen LogP contribution in [0.1, 0.15) is 40.0 Å². The number of ether oxygens (including phenoxy) is 2. The summed E-state index contributed by atoms with van der Waals surface area (Å²) in [6.45, 7) is 8.31. The molecule has 2 fully saturated rings. The van der Waals surface area contributed by atoms with E-state index in [9.17, 15) is 9.90 Å². The molecule has 1 N–H and O–H groups in total. The molecule has 2 rings (SSSR count). The summed E-state index contributed by atoms with van der Waals surface area (Å²) in [5.41, 5.74) is -0.467. The quantitative estimate of drug-likeness (QED) is 0.843. The van der Waals surface area contributed by atoms with Gasteiger partial charge in [-0.2, -0.15) is 0 Å². The first-order valence-electron chi connectivity index (χ1n) is 7.60. The predicted octanol–water partition coefficient (Wildman–Crippen LogP) is 2.03. The van der Waals surface area contributed by atoms with Gasteiger partial charge in [0, 0.05) is 31.5 Å². The molecule has 0 radical (unpaired) electrons. The van der Waals surface area contributed by atoms with Crippen molar-refractivity contribution in [2.45, 2.75) is 51.7 Å². The zero-order valence-corrected chi connectivity index (χ0v) is 12.8. The summed E-state index contributed by atoms with van der Waals surface area (Å²) >= 11 is 0. The van der Waals surface area contributed by atoms with Crippen LogP contribution in [-0.2, 0) is 9.47 Å². The van der Waals surface area contributed by atoms with Crippen LogP contribution in [0.15, 0.2) is 0 Å². The molecule has 116 valence electrons. The van der Waals surface area contributed by atoms with Gasteiger partial charge in [0.25, 0.3) is 0 Å². The Bertz CT molecular complexity index is 333. The van der Waals surface area contributed by atoms with Crippen molar-refractivity contribution >= 4 is 6.09 Å². The second-order valence-corrected chi connectivity index (χ2v) is 6.94. The Morgan fingerprint density at radius 2 is 2.10 bits per heavy atom. The Balaban J connectivity index is 1.83. The molecule has 5 nitrogen and oxygen atoms in total. The van der Waals surface area contributed by atoms with Crippen molar-refractivity contribution < 1.29 is 19.4 Å². The molecule has 20 heavy (non-hydrogen) atoms. The van der Waals surface area contributed by atoms with E-state index >= 15 is 0 Å². The van der Waals surface area contributed by atoms with Crippen molar-refractivity contribution in [2.24, 2.45) is 11.8 Å². The largest absolute Gasteiger partial charge is 0.444 e. The second kappa shape index (κ2) is 6.31. The minimum atomic E-state index is -0.467. The average Bonchev–Trinajstić information content (AvgIpc) is 2.86. The van der Waals surface area contributed by atoms with E-state index in [1.165, 1.54) is 0 Å². The van der Waals surface area contributed by atoms with E-state index in [0.29, 0.717) is 19.7 Å². The molecule has 2 aliphatic heterocycles. The Morgan fingerprint density at radius 1 is 1.35 bits per heavy atom. The van der Waals surface area contributed by atoms with Gasteiger partial charge in [0.1, 0.15) is 5.60 Å². The number of likely N-dealkylation sites (tertiary alicyclic amines) is 1. The SMILES string of the molecule is CC(C)(C)OC(=O)N1CCC(C(O)C2CCCOC2)C1. The van der Waals surface area contributed by atoms with Crippen LogP contribution >= 0.6 is 0 Å². The summed E-state index contributed by atoms with van der Waals surface area (Å²) in [7, 11) is 0. The van der Waals surface area contributed by atoms with Crippen molar-refractivity contribution in [1.82, 2.24) is 4.90 Å². The minimum Gasteiger partial charge on any atom is -0.444 e. The smallest absolute Gasteiger partial charge is 0.410 e. The van der Waals surface area contributed by atoms with E-state index in [1.807, 2.05) is 20.8 Å². The summed E-state index contributed by atoms with van der Waals surface area (Å²) in [4.78, 5) is 13.7. The summed E-state index contributed by atoms with van der Waals surface area (Å²) in [5.74, 6) is 0.363. The van der Waals surface area contributed by atoms with Gasteiger partial charge in [-0.15, -0.1) is 0 Å². The Kier molecular flexibility index (Phi) is 4.91. The molecule has 2 heterocycles. The number of hydrogen-bond acceptors (Lipinski definition) is 4. The van der Waals surface area contributed by atoms with Gasteiger partial charge in [-0.3, -0.25) is 0 Å². The molecule has 1 amide bonds. The maximum Gasteiger partial charge on any atom is 0.410 e. The number of nitrogens with zero attached hydrogens (tertiary/aromatic N) is 1. The van der Waals surface area contributed by atoms with E-state index < -0.39 is 5.60 Å². The van der Waals surface area contributed by atoms with Crippen molar-refractivity contribution in [3.05, 3.63) is 0 Å². The third-order valence-corrected chi connectivity index (χ3v) is 4.04. The van der Waals surface area contributed by atoms with Gasteiger partial charge in [0.05, 0.1) is 12.7 Å². The van der Waals surface area contributed by atoms with E-state index in [4.69, 9.17) is 9.47 Å². The topological polar surface area (TPSA) is 59.0 Å². The standard InChI is InChI=1S/C15H27NO4/c1-15(2,3)20-14(18)16-7-6-11(9-16)13(17)12-5-4-8-19-10-12/h11-13,17H,4-10H2,1-3H3. The first-order valence-corrected chi connectivity index (χ1v) is 7.60. The van der Waals surface area contributed by atoms with Crippen LogP contribution < -0.4 is 0 Å². The maximum absolute atomic E-state index is 12.0. The van der Waals surface area contributed by atoms with Crippen molar-refractivity contribution in [3.8, 4) is 0 Å². The monoisotopic (exact) mass is 285 g/mol. The highest BCUT2D eigenvalue weighted by molar-refractivity contribution is 5.68. The molecule has 5 heteroatoms. The number of rotatable bonds is 2. The maximum atomic E-state index is 12.0. The molecule has 3 unspecified atom stereocenters. The third kappa shape index (κ3) is 4.09. The average molecular weight is 285 g/mol. The van der Waals surface area contributed by atoms with E-state index in [-0.39, 0.29) is 24.0 Å². The summed E-state index contributed by atoms with van der Waals surface area (Å²) in [5, 5.41) is 10.4. The van der Waals surface area contributed by atoms with Gasteiger partial charge in [0.2, 0.25) is 0 Å². The highest BCUT2D eigenvalue weighted by Crippen LogP contribution is 2.29. The molecule has 0 bridgehead atoms. The lowest BCUT2D eigenvalue weighted by Crippen LogP contribution is -2.38. The molecule has 0 aromatic heterocycles. The molecule has 0 spiro atoms. The van der Waals surface area contributed by atoms with Crippen molar-refractivity contribution in [2.75, 3.05) is 26.3 Å². The highest BCUT2D eigenvalue weighted by atomic mass is 16.6. The van der Waals surface area contributed by atoms with Crippen LogP contribution in [0, 0.1) is 11.8 Å². The fourth-order valence-electron chi connectivity index (χ4n) is 2.98. The summed E-state index contributed by atoms with van der Waals surface area (Å²) < 4.78 is 10.8. The fourth-order valence-corrected chi connectivity index (χ4v) is 2.98. The number of carbonyl (C=O) groups excluding carboxylic acids is 1. The van der Waals surface area contributed by atoms with Gasteiger partial charge in [-0.25, -0.2) is 4.79 Å². The number of aliphatic hydroxyl groups is 1. The van der Waals surface area contributed by atoms with Crippen LogP contribution in [-0.4, -0.2) is 54.1 Å². The van der Waals surface area contributed by atoms with Crippen LogP contribution in [0.2, 0.25) is 0 Å². The van der Waals surface area contributed by atoms with Crippen molar-refractivity contribution in [3.63, 3.8) is 0 Å². The van der Waals surface area contributed by atoms with Gasteiger partial charge in [0.15, 0.2) is 0 Å². The van der Waals surface area contributed by atoms with E-state index in [1.54, 1.807) is 4.90 Å². The number of carbonyl (C=O) groups is 1. The molecule has 3 atom stereocenters. The molecular formula is C15H27NO4. The van der Waals surface area contributed by atoms with Crippen LogP contribution in [0.4, 0.5) is 4.79 Å². The highest BCUT2D eigenvalue weighted by Gasteiger charge is 2.36. The lowest BCUT2D eigenvalue weighted by molar-refractivity contribution is -0.0316. The van der Waals surface area contributed by atoms with Gasteiger partial charge >= 0.3 is 6.09 Å². The Morgan fingerprint density at radius 3 is 2.70 bits per heavy atom. The first-order chi connectivity index (χ1) is 9.37. The number of amides is 1. The van der Waals surface area contributed by atoms with Gasteiger partial charge in [-0.1, -0.05) is 0 Å². The third-order valence-electron chi connectivity index (χ3n) is 4.04. The molecule has 0 aromatic carbocycles. The lowest BCUT2D eigenvalue weighted by Gasteiger charge is -2.30. The molecule has 2 saturated heterocycles. The number of aliphatic hydroxyl groups excluding tert-OH is 1. The first kappa shape index (κ1) is 15.6. The predicted molar refractivity (Wildman–Crippen MR) is 75.5 cm³/mol. The van der Waals surface area contributed by atoms with Gasteiger partial charge in [-0.05, 0) is 40.0 Å². The summed E-state index contributed by atoms with van der Waals surface area (Å²) in [6, 6.07) is 0. The molecule has 0 aliphatic carbocycles. The van der Waals surface area contributed by atoms with E-state index in [2.05, 4.69) is 0 Å². The normalized spacial score (nSPS) is 29.3. The van der Waals surface area contributed by atoms with Crippen LogP contribution in [0.3, 0.4) is 0 Å². The molecule has 2 aliphatic rings. The van der Waals surface area contributed by atoms with Crippen molar-refractivity contribution in [1.29, 1.82) is 0 Å². The van der Waals surface area contributed by atoms with Gasteiger partial charge < -0.3 is 19.5 Å². The lowest BCUT2D eigenvalue weighted by atomic mass is 9.87. The number of hydrogen-bond donors (Lipinski definition) is 1. The zero-order chi connectivity index (χ0) is 14.8. The van der Waals surface area contributed by atoms with Crippen LogP contribution in [0.25, 0.3) is 0 Å². The molecular weight excluding hydrogens is 258 g/mol.